The largest absolute Gasteiger partial charge is 0.460 e. The molecule has 0 radical (unpaired) electrons. The molecular weight excluding hydrogens is 482 g/mol. The van der Waals surface area contributed by atoms with Crippen LogP contribution in [-0.2, 0) is 15.4 Å². The number of aliphatic imine (C=N–C) groups is 1. The van der Waals surface area contributed by atoms with Crippen molar-refractivity contribution in [3.63, 3.8) is 0 Å². The molecule has 1 fully saturated rings. The van der Waals surface area contributed by atoms with Gasteiger partial charge >= 0.3 is 0 Å². The number of thioether (sulfide) groups is 1. The molecule has 2 heterocycles. The molecule has 4 atom stereocenters. The standard InChI is InChI=1S/C23H22F2N4O3S2/c1-5-13(2)32-20-12-27-18(11-28-20)17(25)9-14-6-7-16(24)15(8-14)22(3)19-10-23(19,34(4,30)31)33-21(26)29-22/h1,6-9,11-13,19H,10H2,2-4H3,(H2,26,29)/b17-9-/t13?,19-,22+,23+/m0/s1. The zero-order valence-corrected chi connectivity index (χ0v) is 20.3. The number of sulfone groups is 1. The Labute approximate surface area is 200 Å². The van der Waals surface area contributed by atoms with E-state index in [-0.39, 0.29) is 22.3 Å². The van der Waals surface area contributed by atoms with E-state index >= 15 is 0 Å². The molecule has 1 aromatic carbocycles. The van der Waals surface area contributed by atoms with Crippen molar-refractivity contribution >= 4 is 38.7 Å². The second-order valence-corrected chi connectivity index (χ2v) is 12.3. The SMILES string of the molecule is C#CC(C)Oc1cnc(/C(F)=C/c2ccc(F)c([C@@]3(C)N=C(N)S[C@@]4(S(C)(=O)=O)C[C@H]43)c2)cn1. The van der Waals surface area contributed by atoms with Crippen LogP contribution in [0.5, 0.6) is 5.88 Å². The van der Waals surface area contributed by atoms with E-state index in [1.54, 1.807) is 13.8 Å². The Morgan fingerprint density at radius 1 is 1.41 bits per heavy atom. The van der Waals surface area contributed by atoms with Crippen LogP contribution < -0.4 is 10.5 Å². The van der Waals surface area contributed by atoms with Gasteiger partial charge in [-0.2, -0.15) is 0 Å². The Kier molecular flexibility index (Phi) is 5.94. The van der Waals surface area contributed by atoms with Crippen LogP contribution in [-0.4, -0.2) is 40.0 Å². The van der Waals surface area contributed by atoms with Gasteiger partial charge in [0.15, 0.2) is 26.9 Å². The number of amidine groups is 1. The molecule has 1 saturated carbocycles. The summed E-state index contributed by atoms with van der Waals surface area (Å²) >= 11 is 1.000. The normalized spacial score (nSPS) is 27.2. The molecule has 0 saturated heterocycles. The van der Waals surface area contributed by atoms with Gasteiger partial charge < -0.3 is 10.5 Å². The summed E-state index contributed by atoms with van der Waals surface area (Å²) in [4.78, 5) is 12.4. The van der Waals surface area contributed by atoms with Crippen LogP contribution >= 0.6 is 11.8 Å². The van der Waals surface area contributed by atoms with Crippen molar-refractivity contribution in [2.75, 3.05) is 6.26 Å². The highest BCUT2D eigenvalue weighted by Gasteiger charge is 2.72. The number of nitrogens with two attached hydrogens (primary N) is 1. The van der Waals surface area contributed by atoms with Crippen molar-refractivity contribution in [1.82, 2.24) is 9.97 Å². The monoisotopic (exact) mass is 504 g/mol. The van der Waals surface area contributed by atoms with Gasteiger partial charge in [-0.05, 0) is 44.0 Å². The fraction of sp³-hybridized carbons (Fsp3) is 0.348. The average molecular weight is 505 g/mol. The minimum Gasteiger partial charge on any atom is -0.460 e. The summed E-state index contributed by atoms with van der Waals surface area (Å²) < 4.78 is 58.9. The van der Waals surface area contributed by atoms with Gasteiger partial charge in [0.2, 0.25) is 5.88 Å². The summed E-state index contributed by atoms with van der Waals surface area (Å²) in [6, 6.07) is 4.05. The van der Waals surface area contributed by atoms with E-state index < -0.39 is 43.1 Å². The van der Waals surface area contributed by atoms with Gasteiger partial charge in [0, 0.05) is 17.7 Å². The van der Waals surface area contributed by atoms with Crippen molar-refractivity contribution in [3.8, 4) is 18.2 Å². The topological polar surface area (TPSA) is 108 Å². The van der Waals surface area contributed by atoms with Crippen molar-refractivity contribution in [2.24, 2.45) is 16.6 Å². The number of aromatic nitrogens is 2. The third kappa shape index (κ3) is 4.16. The molecule has 0 amide bonds. The number of nitrogens with zero attached hydrogens (tertiary/aromatic N) is 3. The second kappa shape index (κ2) is 8.36. The predicted octanol–water partition coefficient (Wildman–Crippen LogP) is 3.52. The van der Waals surface area contributed by atoms with Crippen molar-refractivity contribution in [1.29, 1.82) is 0 Å². The van der Waals surface area contributed by atoms with Gasteiger partial charge in [-0.1, -0.05) is 23.7 Å². The number of ether oxygens (including phenoxy) is 1. The molecule has 1 unspecified atom stereocenters. The first kappa shape index (κ1) is 24.2. The van der Waals surface area contributed by atoms with Crippen LogP contribution in [0.4, 0.5) is 8.78 Å². The highest BCUT2D eigenvalue weighted by Crippen LogP contribution is 2.68. The first-order valence-electron chi connectivity index (χ1n) is 10.3. The fourth-order valence-electron chi connectivity index (χ4n) is 4.16. The molecule has 1 aliphatic heterocycles. The third-order valence-electron chi connectivity index (χ3n) is 6.02. The molecule has 0 bridgehead atoms. The second-order valence-electron chi connectivity index (χ2n) is 8.44. The van der Waals surface area contributed by atoms with E-state index in [9.17, 15) is 17.2 Å². The molecule has 0 spiro atoms. The molecule has 11 heteroatoms. The van der Waals surface area contributed by atoms with Crippen LogP contribution in [0.25, 0.3) is 11.9 Å². The molecule has 2 N–H and O–H groups in total. The first-order valence-corrected chi connectivity index (χ1v) is 13.0. The van der Waals surface area contributed by atoms with Gasteiger partial charge in [-0.3, -0.25) is 4.99 Å². The van der Waals surface area contributed by atoms with E-state index in [0.717, 1.165) is 18.0 Å². The van der Waals surface area contributed by atoms with E-state index in [2.05, 4.69) is 20.9 Å². The number of rotatable bonds is 6. The van der Waals surface area contributed by atoms with Crippen molar-refractivity contribution in [3.05, 3.63) is 53.2 Å². The molecular formula is C23H22F2N4O3S2. The maximum Gasteiger partial charge on any atom is 0.233 e. The van der Waals surface area contributed by atoms with Gasteiger partial charge in [0.25, 0.3) is 0 Å². The molecule has 2 aliphatic rings. The zero-order valence-electron chi connectivity index (χ0n) is 18.6. The van der Waals surface area contributed by atoms with E-state index in [1.807, 2.05) is 0 Å². The molecule has 4 rings (SSSR count). The molecule has 7 nitrogen and oxygen atoms in total. The highest BCUT2D eigenvalue weighted by atomic mass is 32.3. The van der Waals surface area contributed by atoms with Crippen LogP contribution in [0.1, 0.15) is 37.1 Å². The van der Waals surface area contributed by atoms with Gasteiger partial charge in [0.1, 0.15) is 15.6 Å². The third-order valence-corrected chi connectivity index (χ3v) is 9.98. The minimum absolute atomic E-state index is 0.0487. The fourth-order valence-corrected chi connectivity index (χ4v) is 7.45. The number of benzene rings is 1. The zero-order chi connectivity index (χ0) is 24.9. The number of halogens is 2. The number of hydrogen-bond donors (Lipinski definition) is 1. The smallest absolute Gasteiger partial charge is 0.233 e. The molecule has 1 aliphatic carbocycles. The van der Waals surface area contributed by atoms with Gasteiger partial charge in [0.05, 0.1) is 17.9 Å². The lowest BCUT2D eigenvalue weighted by Gasteiger charge is -2.33. The maximum atomic E-state index is 14.9. The Morgan fingerprint density at radius 2 is 2.15 bits per heavy atom. The lowest BCUT2D eigenvalue weighted by molar-refractivity contribution is 0.266. The first-order chi connectivity index (χ1) is 15.9. The number of terminal acetylenes is 1. The molecule has 178 valence electrons. The highest BCUT2D eigenvalue weighted by molar-refractivity contribution is 8.24. The van der Waals surface area contributed by atoms with Crippen LogP contribution in [0.2, 0.25) is 0 Å². The number of fused-ring (bicyclic) bond motifs is 1. The number of hydrogen-bond acceptors (Lipinski definition) is 8. The quantitative estimate of drug-likeness (QED) is 0.600. The lowest BCUT2D eigenvalue weighted by atomic mass is 9.86. The summed E-state index contributed by atoms with van der Waals surface area (Å²) in [7, 11) is -3.48. The van der Waals surface area contributed by atoms with E-state index in [1.165, 1.54) is 36.7 Å². The predicted molar refractivity (Wildman–Crippen MR) is 129 cm³/mol. The average Bonchev–Trinajstić information content (AvgIpc) is 3.52. The van der Waals surface area contributed by atoms with Crippen LogP contribution in [0.15, 0.2) is 35.6 Å². The molecule has 2 aromatic rings. The van der Waals surface area contributed by atoms with Crippen LogP contribution in [0, 0.1) is 24.1 Å². The van der Waals surface area contributed by atoms with Crippen molar-refractivity contribution < 1.29 is 21.9 Å². The lowest BCUT2D eigenvalue weighted by Crippen LogP contribution is -2.39. The summed E-state index contributed by atoms with van der Waals surface area (Å²) in [5.41, 5.74) is 5.19. The minimum atomic E-state index is -3.48. The Morgan fingerprint density at radius 3 is 2.76 bits per heavy atom. The summed E-state index contributed by atoms with van der Waals surface area (Å²) in [6.45, 7) is 3.31. The van der Waals surface area contributed by atoms with Crippen LogP contribution in [0.3, 0.4) is 0 Å². The summed E-state index contributed by atoms with van der Waals surface area (Å²) in [5.74, 6) is 0.793. The summed E-state index contributed by atoms with van der Waals surface area (Å²) in [6.07, 6.45) is 9.82. The van der Waals surface area contributed by atoms with Crippen molar-refractivity contribution in [2.45, 2.75) is 36.0 Å². The Bertz CT molecular complexity index is 1360. The summed E-state index contributed by atoms with van der Waals surface area (Å²) in [5, 5.41) is 0.0740. The molecule has 34 heavy (non-hydrogen) atoms. The van der Waals surface area contributed by atoms with E-state index in [4.69, 9.17) is 16.9 Å². The maximum absolute atomic E-state index is 14.9. The Hall–Kier alpha value is -2.97. The van der Waals surface area contributed by atoms with E-state index in [0.29, 0.717) is 12.0 Å². The van der Waals surface area contributed by atoms with Gasteiger partial charge in [-0.15, -0.1) is 6.42 Å². The Balaban J connectivity index is 1.66. The van der Waals surface area contributed by atoms with Gasteiger partial charge in [-0.25, -0.2) is 27.2 Å². The molecule has 1 aromatic heterocycles.